The molecule has 2 aromatic rings. The average molecular weight is 197 g/mol. The minimum absolute atomic E-state index is 0.203. The van der Waals surface area contributed by atoms with Crippen LogP contribution in [-0.2, 0) is 0 Å². The molecule has 0 aliphatic heterocycles. The highest BCUT2D eigenvalue weighted by Crippen LogP contribution is 2.11. The summed E-state index contributed by atoms with van der Waals surface area (Å²) >= 11 is 5.63. The molecule has 0 atom stereocenters. The lowest BCUT2D eigenvalue weighted by molar-refractivity contribution is 0.0697. The Labute approximate surface area is 78.4 Å². The molecule has 4 nitrogen and oxygen atoms in total. The van der Waals surface area contributed by atoms with Gasteiger partial charge in [0.15, 0.2) is 0 Å². The van der Waals surface area contributed by atoms with Crippen LogP contribution in [0.2, 0.25) is 5.15 Å². The highest BCUT2D eigenvalue weighted by molar-refractivity contribution is 6.29. The van der Waals surface area contributed by atoms with Crippen LogP contribution in [0.3, 0.4) is 0 Å². The smallest absolute Gasteiger partial charge is 0.337 e. The first-order valence-electron chi connectivity index (χ1n) is 3.55. The van der Waals surface area contributed by atoms with Gasteiger partial charge in [0.1, 0.15) is 5.15 Å². The summed E-state index contributed by atoms with van der Waals surface area (Å²) in [7, 11) is 0. The second kappa shape index (κ2) is 2.74. The van der Waals surface area contributed by atoms with Crippen LogP contribution in [0, 0.1) is 0 Å². The van der Waals surface area contributed by atoms with E-state index in [1.807, 2.05) is 0 Å². The first kappa shape index (κ1) is 8.07. The highest BCUT2D eigenvalue weighted by Gasteiger charge is 2.06. The van der Waals surface area contributed by atoms with Crippen molar-refractivity contribution in [3.05, 3.63) is 35.1 Å². The zero-order chi connectivity index (χ0) is 9.42. The van der Waals surface area contributed by atoms with Gasteiger partial charge in [0.25, 0.3) is 0 Å². The minimum atomic E-state index is -0.971. The van der Waals surface area contributed by atoms with Gasteiger partial charge in [0.2, 0.25) is 0 Å². The summed E-state index contributed by atoms with van der Waals surface area (Å²) in [5, 5.41) is 12.9. The van der Waals surface area contributed by atoms with Crippen LogP contribution in [0.1, 0.15) is 10.4 Å². The second-order valence-electron chi connectivity index (χ2n) is 2.56. The molecular formula is C8H5ClN2O2. The molecule has 0 saturated heterocycles. The Hall–Kier alpha value is -1.55. The van der Waals surface area contributed by atoms with E-state index in [0.29, 0.717) is 10.7 Å². The second-order valence-corrected chi connectivity index (χ2v) is 2.95. The maximum absolute atomic E-state index is 10.6. The van der Waals surface area contributed by atoms with Crippen LogP contribution in [0.25, 0.3) is 5.52 Å². The number of aromatic carboxylic acids is 1. The number of halogens is 1. The first-order valence-corrected chi connectivity index (χ1v) is 3.93. The van der Waals surface area contributed by atoms with Gasteiger partial charge < -0.3 is 5.11 Å². The van der Waals surface area contributed by atoms with Crippen LogP contribution < -0.4 is 0 Å². The number of hydrogen-bond acceptors (Lipinski definition) is 2. The molecular weight excluding hydrogens is 192 g/mol. The monoisotopic (exact) mass is 196 g/mol. The van der Waals surface area contributed by atoms with E-state index in [4.69, 9.17) is 16.7 Å². The summed E-state index contributed by atoms with van der Waals surface area (Å²) in [5.41, 5.74) is 0.913. The summed E-state index contributed by atoms with van der Waals surface area (Å²) in [6, 6.07) is 4.86. The highest BCUT2D eigenvalue weighted by atomic mass is 35.5. The van der Waals surface area contributed by atoms with Gasteiger partial charge in [-0.05, 0) is 18.2 Å². The molecule has 0 aliphatic carbocycles. The average Bonchev–Trinajstić information content (AvgIpc) is 2.46. The quantitative estimate of drug-likeness (QED) is 0.755. The van der Waals surface area contributed by atoms with E-state index in [2.05, 4.69) is 5.10 Å². The molecule has 0 spiro atoms. The Morgan fingerprint density at radius 1 is 1.54 bits per heavy atom. The zero-order valence-corrected chi connectivity index (χ0v) is 7.19. The van der Waals surface area contributed by atoms with Gasteiger partial charge in [-0.3, -0.25) is 0 Å². The molecule has 0 aromatic carbocycles. The van der Waals surface area contributed by atoms with E-state index in [-0.39, 0.29) is 5.56 Å². The Morgan fingerprint density at radius 3 is 3.00 bits per heavy atom. The van der Waals surface area contributed by atoms with Crippen LogP contribution in [0.5, 0.6) is 0 Å². The fourth-order valence-electron chi connectivity index (χ4n) is 1.09. The lowest BCUT2D eigenvalue weighted by Crippen LogP contribution is -1.93. The zero-order valence-electron chi connectivity index (χ0n) is 6.44. The first-order chi connectivity index (χ1) is 6.16. The van der Waals surface area contributed by atoms with E-state index in [1.54, 1.807) is 12.1 Å². The molecule has 13 heavy (non-hydrogen) atoms. The van der Waals surface area contributed by atoms with Crippen molar-refractivity contribution in [1.29, 1.82) is 0 Å². The summed E-state index contributed by atoms with van der Waals surface area (Å²) in [4.78, 5) is 10.6. The van der Waals surface area contributed by atoms with Crippen LogP contribution in [-0.4, -0.2) is 20.7 Å². The number of nitrogens with zero attached hydrogens (tertiary/aromatic N) is 2. The third kappa shape index (κ3) is 1.36. The normalized spacial score (nSPS) is 10.5. The van der Waals surface area contributed by atoms with Gasteiger partial charge in [0, 0.05) is 6.20 Å². The Bertz CT molecular complexity index is 478. The van der Waals surface area contributed by atoms with Crippen LogP contribution in [0.15, 0.2) is 24.4 Å². The molecule has 1 N–H and O–H groups in total. The summed E-state index contributed by atoms with van der Waals surface area (Å²) < 4.78 is 1.44. The van der Waals surface area contributed by atoms with E-state index >= 15 is 0 Å². The fourth-order valence-corrected chi connectivity index (χ4v) is 1.23. The van der Waals surface area contributed by atoms with Crippen molar-refractivity contribution in [1.82, 2.24) is 9.61 Å². The lowest BCUT2D eigenvalue weighted by Gasteiger charge is -1.91. The predicted molar refractivity (Wildman–Crippen MR) is 47.2 cm³/mol. The summed E-state index contributed by atoms with van der Waals surface area (Å²) in [5.74, 6) is -0.971. The van der Waals surface area contributed by atoms with Gasteiger partial charge in [0.05, 0.1) is 11.1 Å². The van der Waals surface area contributed by atoms with Crippen molar-refractivity contribution in [2.45, 2.75) is 0 Å². The van der Waals surface area contributed by atoms with Crippen molar-refractivity contribution >= 4 is 23.1 Å². The fraction of sp³-hybridized carbons (Fsp3) is 0. The van der Waals surface area contributed by atoms with Crippen LogP contribution in [0.4, 0.5) is 0 Å². The molecule has 2 aromatic heterocycles. The summed E-state index contributed by atoms with van der Waals surface area (Å²) in [6.45, 7) is 0. The molecule has 0 saturated carbocycles. The number of aromatic nitrogens is 2. The Kier molecular flexibility index (Phi) is 1.70. The molecule has 0 radical (unpaired) electrons. The molecule has 5 heteroatoms. The van der Waals surface area contributed by atoms with E-state index < -0.39 is 5.97 Å². The van der Waals surface area contributed by atoms with E-state index in [0.717, 1.165) is 0 Å². The molecule has 66 valence electrons. The molecule has 0 amide bonds. The lowest BCUT2D eigenvalue weighted by atomic mass is 10.3. The van der Waals surface area contributed by atoms with Gasteiger partial charge >= 0.3 is 5.97 Å². The Morgan fingerprint density at radius 2 is 2.31 bits per heavy atom. The van der Waals surface area contributed by atoms with Gasteiger partial charge in [-0.15, -0.1) is 0 Å². The third-order valence-corrected chi connectivity index (χ3v) is 1.87. The van der Waals surface area contributed by atoms with Crippen molar-refractivity contribution in [2.24, 2.45) is 0 Å². The van der Waals surface area contributed by atoms with Gasteiger partial charge in [-0.2, -0.15) is 5.10 Å². The number of carbonyl (C=O) groups is 1. The number of carboxylic acid groups (broad SMARTS) is 1. The molecule has 2 rings (SSSR count). The Balaban J connectivity index is 2.68. The number of fused-ring (bicyclic) bond motifs is 1. The van der Waals surface area contributed by atoms with Crippen molar-refractivity contribution < 1.29 is 9.90 Å². The topological polar surface area (TPSA) is 54.6 Å². The molecule has 0 fully saturated rings. The van der Waals surface area contributed by atoms with E-state index in [1.165, 1.54) is 16.8 Å². The number of rotatable bonds is 1. The van der Waals surface area contributed by atoms with Crippen molar-refractivity contribution in [2.75, 3.05) is 0 Å². The predicted octanol–water partition coefficient (Wildman–Crippen LogP) is 1.69. The third-order valence-electron chi connectivity index (χ3n) is 1.67. The van der Waals surface area contributed by atoms with Gasteiger partial charge in [-0.25, -0.2) is 9.31 Å². The molecule has 2 heterocycles. The SMILES string of the molecule is O=C(O)c1cc2ccc(Cl)nn2c1. The van der Waals surface area contributed by atoms with E-state index in [9.17, 15) is 4.79 Å². The van der Waals surface area contributed by atoms with Crippen LogP contribution >= 0.6 is 11.6 Å². The maximum atomic E-state index is 10.6. The molecule has 0 aliphatic rings. The maximum Gasteiger partial charge on any atom is 0.337 e. The largest absolute Gasteiger partial charge is 0.478 e. The number of carboxylic acids is 1. The van der Waals surface area contributed by atoms with Crippen molar-refractivity contribution in [3.63, 3.8) is 0 Å². The molecule has 0 unspecified atom stereocenters. The molecule has 0 bridgehead atoms. The summed E-state index contributed by atoms with van der Waals surface area (Å²) in [6.07, 6.45) is 1.42. The van der Waals surface area contributed by atoms with Gasteiger partial charge in [-0.1, -0.05) is 11.6 Å². The number of hydrogen-bond donors (Lipinski definition) is 1. The standard InChI is InChI=1S/C8H5ClN2O2/c9-7-2-1-6-3-5(8(12)13)4-11(6)10-7/h1-4H,(H,12,13). The minimum Gasteiger partial charge on any atom is -0.478 e. The van der Waals surface area contributed by atoms with Crippen molar-refractivity contribution in [3.8, 4) is 0 Å².